The van der Waals surface area contributed by atoms with Gasteiger partial charge in [0.1, 0.15) is 11.0 Å². The minimum Gasteiger partial charge on any atom is -0.436 e. The van der Waals surface area contributed by atoms with Crippen molar-refractivity contribution in [3.05, 3.63) is 45.5 Å². The molecule has 0 saturated heterocycles. The number of hydrogen-bond acceptors (Lipinski definition) is 3. The second-order valence-electron chi connectivity index (χ2n) is 4.22. The van der Waals surface area contributed by atoms with Gasteiger partial charge in [0.15, 0.2) is 11.6 Å². The lowest BCUT2D eigenvalue weighted by Crippen LogP contribution is -2.00. The predicted molar refractivity (Wildman–Crippen MR) is 75.3 cm³/mol. The molecule has 2 rings (SSSR count). The molecule has 0 N–H and O–H groups in total. The van der Waals surface area contributed by atoms with Crippen LogP contribution >= 0.6 is 27.5 Å². The van der Waals surface area contributed by atoms with Crippen molar-refractivity contribution < 1.29 is 9.13 Å². The summed E-state index contributed by atoms with van der Waals surface area (Å²) in [6.07, 6.45) is 0. The Labute approximate surface area is 123 Å². The van der Waals surface area contributed by atoms with Gasteiger partial charge in [-0.2, -0.15) is 4.98 Å². The molecule has 0 fully saturated rings. The Balaban J connectivity index is 2.32. The highest BCUT2D eigenvalue weighted by Gasteiger charge is 2.11. The Morgan fingerprint density at radius 2 is 2.00 bits per heavy atom. The number of hydrogen-bond donors (Lipinski definition) is 0. The quantitative estimate of drug-likeness (QED) is 0.738. The molecule has 6 heteroatoms. The standard InChI is InChI=1S/C13H11BrClFN2O/c1-7(2)13-17-11(15)6-12(18-13)19-10-4-3-8(14)5-9(10)16/h3-7H,1-2H3. The van der Waals surface area contributed by atoms with Crippen molar-refractivity contribution in [3.63, 3.8) is 0 Å². The van der Waals surface area contributed by atoms with Crippen molar-refractivity contribution in [3.8, 4) is 11.6 Å². The van der Waals surface area contributed by atoms with Crippen LogP contribution < -0.4 is 4.74 Å². The van der Waals surface area contributed by atoms with Crippen molar-refractivity contribution in [2.75, 3.05) is 0 Å². The van der Waals surface area contributed by atoms with Crippen LogP contribution in [0.15, 0.2) is 28.7 Å². The molecule has 0 aliphatic heterocycles. The summed E-state index contributed by atoms with van der Waals surface area (Å²) in [4.78, 5) is 8.28. The van der Waals surface area contributed by atoms with Gasteiger partial charge in [-0.15, -0.1) is 0 Å². The minimum atomic E-state index is -0.477. The molecule has 0 amide bonds. The van der Waals surface area contributed by atoms with Crippen molar-refractivity contribution in [2.24, 2.45) is 0 Å². The van der Waals surface area contributed by atoms with Crippen LogP contribution in [0.3, 0.4) is 0 Å². The molecule has 0 unspecified atom stereocenters. The first-order valence-electron chi connectivity index (χ1n) is 5.63. The number of ether oxygens (including phenoxy) is 1. The first kappa shape index (κ1) is 14.2. The highest BCUT2D eigenvalue weighted by Crippen LogP contribution is 2.27. The Morgan fingerprint density at radius 3 is 2.63 bits per heavy atom. The molecule has 2 aromatic rings. The molecule has 3 nitrogen and oxygen atoms in total. The third-order valence-corrected chi connectivity index (χ3v) is 3.00. The maximum Gasteiger partial charge on any atom is 0.224 e. The van der Waals surface area contributed by atoms with Gasteiger partial charge in [0.05, 0.1) is 0 Å². The van der Waals surface area contributed by atoms with Gasteiger partial charge in [-0.25, -0.2) is 9.37 Å². The van der Waals surface area contributed by atoms with Gasteiger partial charge in [0.2, 0.25) is 5.88 Å². The molecule has 1 aromatic carbocycles. The van der Waals surface area contributed by atoms with Gasteiger partial charge < -0.3 is 4.74 Å². The maximum absolute atomic E-state index is 13.7. The largest absolute Gasteiger partial charge is 0.436 e. The van der Waals surface area contributed by atoms with Crippen LogP contribution in [0.5, 0.6) is 11.6 Å². The van der Waals surface area contributed by atoms with Crippen LogP contribution in [0, 0.1) is 5.82 Å². The van der Waals surface area contributed by atoms with E-state index in [2.05, 4.69) is 25.9 Å². The van der Waals surface area contributed by atoms with Crippen molar-refractivity contribution in [1.82, 2.24) is 9.97 Å². The lowest BCUT2D eigenvalue weighted by molar-refractivity contribution is 0.423. The smallest absolute Gasteiger partial charge is 0.224 e. The predicted octanol–water partition coefficient (Wildman–Crippen LogP) is 4.95. The van der Waals surface area contributed by atoms with Gasteiger partial charge in [0, 0.05) is 16.5 Å². The summed E-state index contributed by atoms with van der Waals surface area (Å²) in [7, 11) is 0. The third kappa shape index (κ3) is 3.64. The molecule has 0 spiro atoms. The van der Waals surface area contributed by atoms with E-state index in [0.29, 0.717) is 10.3 Å². The zero-order chi connectivity index (χ0) is 14.0. The van der Waals surface area contributed by atoms with E-state index >= 15 is 0 Å². The van der Waals surface area contributed by atoms with Gasteiger partial charge in [-0.1, -0.05) is 41.4 Å². The molecule has 1 heterocycles. The van der Waals surface area contributed by atoms with Gasteiger partial charge in [-0.3, -0.25) is 0 Å². The molecule has 0 aliphatic rings. The van der Waals surface area contributed by atoms with E-state index in [1.807, 2.05) is 13.8 Å². The van der Waals surface area contributed by atoms with Crippen LogP contribution in [0.4, 0.5) is 4.39 Å². The number of aromatic nitrogens is 2. The fourth-order valence-corrected chi connectivity index (χ4v) is 1.91. The van der Waals surface area contributed by atoms with Crippen molar-refractivity contribution in [1.29, 1.82) is 0 Å². The van der Waals surface area contributed by atoms with Crippen molar-refractivity contribution in [2.45, 2.75) is 19.8 Å². The van der Waals surface area contributed by atoms with Crippen LogP contribution in [-0.2, 0) is 0 Å². The molecular weight excluding hydrogens is 335 g/mol. The Hall–Kier alpha value is -1.20. The maximum atomic E-state index is 13.7. The van der Waals surface area contributed by atoms with Gasteiger partial charge in [0.25, 0.3) is 0 Å². The molecule has 19 heavy (non-hydrogen) atoms. The van der Waals surface area contributed by atoms with Crippen LogP contribution in [0.1, 0.15) is 25.6 Å². The molecular formula is C13H11BrClFN2O. The zero-order valence-corrected chi connectivity index (χ0v) is 12.7. The van der Waals surface area contributed by atoms with Crippen LogP contribution in [0.2, 0.25) is 5.15 Å². The highest BCUT2D eigenvalue weighted by atomic mass is 79.9. The molecule has 0 saturated carbocycles. The summed E-state index contributed by atoms with van der Waals surface area (Å²) < 4.78 is 19.7. The van der Waals surface area contributed by atoms with E-state index in [1.54, 1.807) is 6.07 Å². The van der Waals surface area contributed by atoms with Crippen LogP contribution in [0.25, 0.3) is 0 Å². The van der Waals surface area contributed by atoms with E-state index in [1.165, 1.54) is 18.2 Å². The molecule has 0 atom stereocenters. The van der Waals surface area contributed by atoms with E-state index in [0.717, 1.165) is 0 Å². The summed E-state index contributed by atoms with van der Waals surface area (Å²) in [6.45, 7) is 3.88. The fraction of sp³-hybridized carbons (Fsp3) is 0.231. The second kappa shape index (κ2) is 5.84. The fourth-order valence-electron chi connectivity index (χ4n) is 1.39. The average Bonchev–Trinajstić information content (AvgIpc) is 2.32. The van der Waals surface area contributed by atoms with E-state index in [4.69, 9.17) is 16.3 Å². The first-order chi connectivity index (χ1) is 8.95. The summed E-state index contributed by atoms with van der Waals surface area (Å²) >= 11 is 9.07. The average molecular weight is 346 g/mol. The summed E-state index contributed by atoms with van der Waals surface area (Å²) in [5.41, 5.74) is 0. The third-order valence-electron chi connectivity index (χ3n) is 2.31. The minimum absolute atomic E-state index is 0.0904. The number of rotatable bonds is 3. The molecule has 100 valence electrons. The SMILES string of the molecule is CC(C)c1nc(Cl)cc(Oc2ccc(Br)cc2F)n1. The Kier molecular flexibility index (Phi) is 4.37. The zero-order valence-electron chi connectivity index (χ0n) is 10.3. The molecule has 1 aromatic heterocycles. The first-order valence-corrected chi connectivity index (χ1v) is 6.80. The van der Waals surface area contributed by atoms with E-state index in [9.17, 15) is 4.39 Å². The highest BCUT2D eigenvalue weighted by molar-refractivity contribution is 9.10. The summed E-state index contributed by atoms with van der Waals surface area (Å²) in [5.74, 6) is 0.503. The Morgan fingerprint density at radius 1 is 1.26 bits per heavy atom. The molecule has 0 aliphatic carbocycles. The number of nitrogens with zero attached hydrogens (tertiary/aromatic N) is 2. The lowest BCUT2D eigenvalue weighted by atomic mass is 10.2. The van der Waals surface area contributed by atoms with E-state index < -0.39 is 5.82 Å². The van der Waals surface area contributed by atoms with Crippen molar-refractivity contribution >= 4 is 27.5 Å². The lowest BCUT2D eigenvalue weighted by Gasteiger charge is -2.09. The monoisotopic (exact) mass is 344 g/mol. The number of halogens is 3. The normalized spacial score (nSPS) is 10.8. The van der Waals surface area contributed by atoms with Gasteiger partial charge in [-0.05, 0) is 18.2 Å². The second-order valence-corrected chi connectivity index (χ2v) is 5.52. The van der Waals surface area contributed by atoms with E-state index in [-0.39, 0.29) is 22.7 Å². The van der Waals surface area contributed by atoms with Crippen LogP contribution in [-0.4, -0.2) is 9.97 Å². The summed E-state index contributed by atoms with van der Waals surface area (Å²) in [6, 6.07) is 5.98. The topological polar surface area (TPSA) is 35.0 Å². The number of benzene rings is 1. The molecule has 0 bridgehead atoms. The molecule has 0 radical (unpaired) electrons. The Bertz CT molecular complexity index is 607. The van der Waals surface area contributed by atoms with Gasteiger partial charge >= 0.3 is 0 Å². The summed E-state index contributed by atoms with van der Waals surface area (Å²) in [5, 5.41) is 0.270.